The number of fused-ring (bicyclic) bond motifs is 1. The maximum absolute atomic E-state index is 13.1. The van der Waals surface area contributed by atoms with E-state index in [1.807, 2.05) is 18.2 Å². The highest BCUT2D eigenvalue weighted by Crippen LogP contribution is 2.43. The van der Waals surface area contributed by atoms with Crippen molar-refractivity contribution in [3.8, 4) is 5.75 Å². The van der Waals surface area contributed by atoms with Gasteiger partial charge in [0.2, 0.25) is 15.9 Å². The van der Waals surface area contributed by atoms with E-state index in [1.54, 1.807) is 31.1 Å². The molecule has 0 N–H and O–H groups in total. The van der Waals surface area contributed by atoms with Crippen molar-refractivity contribution in [3.05, 3.63) is 30.3 Å². The van der Waals surface area contributed by atoms with Crippen LogP contribution in [0, 0.1) is 5.41 Å². The molecule has 154 valence electrons. The third-order valence-electron chi connectivity index (χ3n) is 5.76. The molecule has 1 aromatic rings. The summed E-state index contributed by atoms with van der Waals surface area (Å²) in [6.07, 6.45) is 0.636. The Morgan fingerprint density at radius 3 is 2.57 bits per heavy atom. The van der Waals surface area contributed by atoms with E-state index in [0.717, 1.165) is 0 Å². The standard InChI is InChI=1S/C19H27N3O5S/c1-20(2)18(24)19-10-12-28(25,26)21(3)16(19)9-11-22(14-19)17(23)13-27-15-7-5-4-6-8-15/h4-8,16H,9-14H2,1-3H3/t16-,19+/m1/s1. The number of nitrogens with zero attached hydrogens (tertiary/aromatic N) is 3. The van der Waals surface area contributed by atoms with Crippen LogP contribution in [0.2, 0.25) is 0 Å². The van der Waals surface area contributed by atoms with Crippen molar-refractivity contribution < 1.29 is 22.7 Å². The predicted octanol–water partition coefficient (Wildman–Crippen LogP) is 0.406. The Balaban J connectivity index is 1.79. The Morgan fingerprint density at radius 2 is 1.93 bits per heavy atom. The van der Waals surface area contributed by atoms with Crippen molar-refractivity contribution in [1.29, 1.82) is 0 Å². The van der Waals surface area contributed by atoms with E-state index < -0.39 is 21.5 Å². The summed E-state index contributed by atoms with van der Waals surface area (Å²) in [6.45, 7) is 0.477. The molecule has 2 amide bonds. The molecule has 0 unspecified atom stereocenters. The zero-order chi connectivity index (χ0) is 20.5. The van der Waals surface area contributed by atoms with E-state index in [9.17, 15) is 18.0 Å². The first kappa shape index (κ1) is 20.6. The number of para-hydroxylation sites is 1. The quantitative estimate of drug-likeness (QED) is 0.719. The normalized spacial score (nSPS) is 27.0. The first-order valence-corrected chi connectivity index (χ1v) is 10.9. The summed E-state index contributed by atoms with van der Waals surface area (Å²) in [5, 5.41) is 0. The van der Waals surface area contributed by atoms with Crippen molar-refractivity contribution in [2.75, 3.05) is 46.6 Å². The Kier molecular flexibility index (Phi) is 5.67. The fraction of sp³-hybridized carbons (Fsp3) is 0.579. The number of benzene rings is 1. The lowest BCUT2D eigenvalue weighted by Crippen LogP contribution is -2.67. The number of carbonyl (C=O) groups excluding carboxylic acids is 2. The van der Waals surface area contributed by atoms with Gasteiger partial charge in [0, 0.05) is 40.3 Å². The number of sulfonamides is 1. The van der Waals surface area contributed by atoms with Crippen LogP contribution < -0.4 is 4.74 Å². The number of piperidine rings is 1. The topological polar surface area (TPSA) is 87.2 Å². The summed E-state index contributed by atoms with van der Waals surface area (Å²) in [6, 6.07) is 8.63. The molecule has 2 aliphatic rings. The molecule has 0 aromatic heterocycles. The zero-order valence-corrected chi connectivity index (χ0v) is 17.3. The molecule has 8 nitrogen and oxygen atoms in total. The second-order valence-electron chi connectivity index (χ2n) is 7.66. The van der Waals surface area contributed by atoms with E-state index in [-0.39, 0.29) is 37.1 Å². The lowest BCUT2D eigenvalue weighted by molar-refractivity contribution is -0.153. The molecule has 2 saturated heterocycles. The monoisotopic (exact) mass is 409 g/mol. The van der Waals surface area contributed by atoms with Crippen molar-refractivity contribution in [3.63, 3.8) is 0 Å². The summed E-state index contributed by atoms with van der Waals surface area (Å²) in [5.74, 6) is 0.167. The van der Waals surface area contributed by atoms with Gasteiger partial charge in [0.1, 0.15) is 5.75 Å². The molecular formula is C19H27N3O5S. The highest BCUT2D eigenvalue weighted by molar-refractivity contribution is 7.89. The van der Waals surface area contributed by atoms with E-state index in [1.165, 1.54) is 16.3 Å². The molecule has 2 fully saturated rings. The van der Waals surface area contributed by atoms with E-state index >= 15 is 0 Å². The number of amides is 2. The molecule has 2 atom stereocenters. The van der Waals surface area contributed by atoms with Crippen LogP contribution in [0.4, 0.5) is 0 Å². The zero-order valence-electron chi connectivity index (χ0n) is 16.5. The molecule has 0 aliphatic carbocycles. The molecule has 9 heteroatoms. The van der Waals surface area contributed by atoms with Crippen molar-refractivity contribution in [2.24, 2.45) is 5.41 Å². The van der Waals surface area contributed by atoms with E-state index in [4.69, 9.17) is 4.74 Å². The van der Waals surface area contributed by atoms with E-state index in [0.29, 0.717) is 18.7 Å². The highest BCUT2D eigenvalue weighted by Gasteiger charge is 2.57. The average molecular weight is 410 g/mol. The largest absolute Gasteiger partial charge is 0.484 e. The number of likely N-dealkylation sites (tertiary alicyclic amines) is 1. The average Bonchev–Trinajstić information content (AvgIpc) is 2.69. The molecule has 0 spiro atoms. The molecule has 0 bridgehead atoms. The fourth-order valence-electron chi connectivity index (χ4n) is 4.23. The number of carbonyl (C=O) groups is 2. The Morgan fingerprint density at radius 1 is 1.25 bits per heavy atom. The van der Waals surface area contributed by atoms with Gasteiger partial charge in [0.05, 0.1) is 11.2 Å². The fourth-order valence-corrected chi connectivity index (χ4v) is 5.84. The van der Waals surface area contributed by atoms with Crippen LogP contribution >= 0.6 is 0 Å². The van der Waals surface area contributed by atoms with E-state index in [2.05, 4.69) is 0 Å². The molecule has 0 saturated carbocycles. The van der Waals surface area contributed by atoms with Crippen LogP contribution in [0.15, 0.2) is 30.3 Å². The van der Waals surface area contributed by atoms with Gasteiger partial charge in [-0.1, -0.05) is 18.2 Å². The third-order valence-corrected chi connectivity index (χ3v) is 7.61. The van der Waals surface area contributed by atoms with Crippen molar-refractivity contribution in [1.82, 2.24) is 14.1 Å². The smallest absolute Gasteiger partial charge is 0.260 e. The molecule has 2 aliphatic heterocycles. The molecular weight excluding hydrogens is 382 g/mol. The summed E-state index contributed by atoms with van der Waals surface area (Å²) in [4.78, 5) is 29.0. The number of hydrogen-bond acceptors (Lipinski definition) is 5. The van der Waals surface area contributed by atoms with Crippen molar-refractivity contribution in [2.45, 2.75) is 18.9 Å². The number of hydrogen-bond donors (Lipinski definition) is 0. The van der Waals surface area contributed by atoms with Gasteiger partial charge >= 0.3 is 0 Å². The maximum Gasteiger partial charge on any atom is 0.260 e. The summed E-state index contributed by atoms with van der Waals surface area (Å²) < 4.78 is 31.6. The molecule has 0 radical (unpaired) electrons. The third kappa shape index (κ3) is 3.73. The minimum atomic E-state index is -3.38. The molecule has 2 heterocycles. The number of ether oxygens (including phenoxy) is 1. The number of rotatable bonds is 4. The maximum atomic E-state index is 13.1. The summed E-state index contributed by atoms with van der Waals surface area (Å²) in [7, 11) is 1.48. The van der Waals surface area contributed by atoms with Gasteiger partial charge in [-0.05, 0) is 25.0 Å². The predicted molar refractivity (Wildman–Crippen MR) is 104 cm³/mol. The van der Waals surface area contributed by atoms with Crippen LogP contribution in [0.3, 0.4) is 0 Å². The van der Waals surface area contributed by atoms with Gasteiger partial charge in [-0.3, -0.25) is 9.59 Å². The van der Waals surface area contributed by atoms with Gasteiger partial charge in [-0.15, -0.1) is 0 Å². The van der Waals surface area contributed by atoms with Crippen LogP contribution in [-0.2, 0) is 19.6 Å². The van der Waals surface area contributed by atoms with Gasteiger partial charge < -0.3 is 14.5 Å². The van der Waals surface area contributed by atoms with Crippen LogP contribution in [0.25, 0.3) is 0 Å². The Bertz CT molecular complexity index is 842. The minimum Gasteiger partial charge on any atom is -0.484 e. The summed E-state index contributed by atoms with van der Waals surface area (Å²) in [5.41, 5.74) is -0.926. The van der Waals surface area contributed by atoms with Gasteiger partial charge in [-0.25, -0.2) is 12.7 Å². The summed E-state index contributed by atoms with van der Waals surface area (Å²) >= 11 is 0. The highest BCUT2D eigenvalue weighted by atomic mass is 32.2. The van der Waals surface area contributed by atoms with Gasteiger partial charge in [0.15, 0.2) is 6.61 Å². The first-order valence-electron chi connectivity index (χ1n) is 9.30. The second kappa shape index (κ2) is 7.71. The molecule has 3 rings (SSSR count). The van der Waals surface area contributed by atoms with Crippen LogP contribution in [0.1, 0.15) is 12.8 Å². The van der Waals surface area contributed by atoms with Gasteiger partial charge in [-0.2, -0.15) is 0 Å². The first-order chi connectivity index (χ1) is 13.2. The Hall–Kier alpha value is -2.13. The lowest BCUT2D eigenvalue weighted by atomic mass is 9.72. The SMILES string of the molecule is CN(C)C(=O)[C@]12CCS(=O)(=O)N(C)[C@@H]1CCN(C(=O)COc1ccccc1)C2. The van der Waals surface area contributed by atoms with Crippen LogP contribution in [-0.4, -0.2) is 87.0 Å². The molecule has 28 heavy (non-hydrogen) atoms. The van der Waals surface area contributed by atoms with Crippen LogP contribution in [0.5, 0.6) is 5.75 Å². The minimum absolute atomic E-state index is 0.0951. The van der Waals surface area contributed by atoms with Gasteiger partial charge in [0.25, 0.3) is 5.91 Å². The Labute approximate surface area is 166 Å². The van der Waals surface area contributed by atoms with Crippen molar-refractivity contribution >= 4 is 21.8 Å². The second-order valence-corrected chi connectivity index (χ2v) is 9.81. The molecule has 1 aromatic carbocycles. The lowest BCUT2D eigenvalue weighted by Gasteiger charge is -2.53.